The monoisotopic (exact) mass is 368 g/mol. The van der Waals surface area contributed by atoms with E-state index >= 15 is 0 Å². The third-order valence-electron chi connectivity index (χ3n) is 3.33. The Morgan fingerprint density at radius 3 is 2.19 bits per heavy atom. The zero-order chi connectivity index (χ0) is 15.8. The van der Waals surface area contributed by atoms with Gasteiger partial charge in [-0.25, -0.2) is 8.42 Å². The molecule has 0 aromatic heterocycles. The summed E-state index contributed by atoms with van der Waals surface area (Å²) >= 11 is 3.32. The van der Waals surface area contributed by atoms with Gasteiger partial charge in [0.25, 0.3) is 10.0 Å². The lowest BCUT2D eigenvalue weighted by molar-refractivity contribution is 0.600. The fourth-order valence-electron chi connectivity index (χ4n) is 2.32. The fourth-order valence-corrected chi connectivity index (χ4v) is 4.13. The summed E-state index contributed by atoms with van der Waals surface area (Å²) in [5, 5.41) is 0. The average molecular weight is 369 g/mol. The van der Waals surface area contributed by atoms with E-state index in [2.05, 4.69) is 20.7 Å². The highest BCUT2D eigenvalue weighted by Crippen LogP contribution is 2.29. The molecule has 0 unspecified atom stereocenters. The second-order valence-electron chi connectivity index (χ2n) is 4.99. The first-order chi connectivity index (χ1) is 9.72. The van der Waals surface area contributed by atoms with Crippen LogP contribution in [0.25, 0.3) is 0 Å². The van der Waals surface area contributed by atoms with Gasteiger partial charge in [-0.15, -0.1) is 0 Å². The highest BCUT2D eigenvalue weighted by molar-refractivity contribution is 9.10. The molecular weight excluding hydrogens is 352 g/mol. The van der Waals surface area contributed by atoms with Crippen LogP contribution in [0.15, 0.2) is 39.7 Å². The number of hydrogen-bond donors (Lipinski definition) is 2. The normalized spacial score (nSPS) is 11.4. The van der Waals surface area contributed by atoms with Crippen molar-refractivity contribution in [2.75, 3.05) is 10.5 Å². The number of rotatable bonds is 3. The van der Waals surface area contributed by atoms with Gasteiger partial charge < -0.3 is 5.73 Å². The van der Waals surface area contributed by atoms with E-state index in [1.807, 2.05) is 6.92 Å². The van der Waals surface area contributed by atoms with Gasteiger partial charge in [-0.05, 0) is 61.7 Å². The maximum absolute atomic E-state index is 12.6. The first-order valence-electron chi connectivity index (χ1n) is 6.37. The van der Waals surface area contributed by atoms with Crippen LogP contribution in [0.3, 0.4) is 0 Å². The summed E-state index contributed by atoms with van der Waals surface area (Å²) in [4.78, 5) is 0.244. The van der Waals surface area contributed by atoms with Crippen LogP contribution < -0.4 is 10.5 Å². The minimum atomic E-state index is -3.67. The van der Waals surface area contributed by atoms with E-state index in [1.54, 1.807) is 44.2 Å². The van der Waals surface area contributed by atoms with E-state index in [-0.39, 0.29) is 4.90 Å². The smallest absolute Gasteiger partial charge is 0.262 e. The van der Waals surface area contributed by atoms with Crippen LogP contribution in [0.5, 0.6) is 0 Å². The molecule has 0 saturated heterocycles. The topological polar surface area (TPSA) is 72.2 Å². The fraction of sp³-hybridized carbons (Fsp3) is 0.200. The minimum absolute atomic E-state index is 0.244. The van der Waals surface area contributed by atoms with Gasteiger partial charge in [0.05, 0.1) is 4.90 Å². The number of anilines is 2. The van der Waals surface area contributed by atoms with Crippen molar-refractivity contribution in [3.63, 3.8) is 0 Å². The maximum Gasteiger partial charge on any atom is 0.262 e. The van der Waals surface area contributed by atoms with Crippen molar-refractivity contribution in [2.24, 2.45) is 0 Å². The highest BCUT2D eigenvalue weighted by Gasteiger charge is 2.22. The maximum atomic E-state index is 12.6. The number of nitrogens with two attached hydrogens (primary N) is 1. The Balaban J connectivity index is 2.50. The van der Waals surface area contributed by atoms with Crippen molar-refractivity contribution in [2.45, 2.75) is 25.7 Å². The third-order valence-corrected chi connectivity index (χ3v) is 5.52. The molecule has 0 radical (unpaired) electrons. The Bertz CT molecular complexity index is 784. The SMILES string of the molecule is Cc1cc(C)c(S(=O)(=O)Nc2ccc(Br)cc2)c(C)c1N. The van der Waals surface area contributed by atoms with Crippen molar-refractivity contribution in [3.8, 4) is 0 Å². The first kappa shape index (κ1) is 15.9. The average Bonchev–Trinajstić information content (AvgIpc) is 2.38. The number of halogens is 1. The Morgan fingerprint density at radius 2 is 1.62 bits per heavy atom. The molecule has 0 aliphatic heterocycles. The van der Waals surface area contributed by atoms with E-state index in [0.717, 1.165) is 10.0 Å². The lowest BCUT2D eigenvalue weighted by Gasteiger charge is -2.16. The lowest BCUT2D eigenvalue weighted by Crippen LogP contribution is -2.17. The zero-order valence-corrected chi connectivity index (χ0v) is 14.5. The number of aryl methyl sites for hydroxylation is 2. The van der Waals surface area contributed by atoms with Gasteiger partial charge in [-0.2, -0.15) is 0 Å². The lowest BCUT2D eigenvalue weighted by atomic mass is 10.1. The van der Waals surface area contributed by atoms with Crippen LogP contribution in [-0.2, 0) is 10.0 Å². The third kappa shape index (κ3) is 3.22. The van der Waals surface area contributed by atoms with Crippen molar-refractivity contribution in [1.29, 1.82) is 0 Å². The number of benzene rings is 2. The molecule has 0 amide bonds. The standard InChI is InChI=1S/C15H17BrN2O2S/c1-9-8-10(2)15(11(3)14(9)17)21(19,20)18-13-6-4-12(16)5-7-13/h4-8,18H,17H2,1-3H3. The Morgan fingerprint density at radius 1 is 1.05 bits per heavy atom. The first-order valence-corrected chi connectivity index (χ1v) is 8.64. The summed E-state index contributed by atoms with van der Waals surface area (Å²) in [5.74, 6) is 0. The van der Waals surface area contributed by atoms with Gasteiger partial charge in [-0.3, -0.25) is 4.72 Å². The summed E-state index contributed by atoms with van der Waals surface area (Å²) in [6.07, 6.45) is 0. The zero-order valence-electron chi connectivity index (χ0n) is 12.1. The molecule has 0 aliphatic carbocycles. The molecule has 21 heavy (non-hydrogen) atoms. The van der Waals surface area contributed by atoms with Gasteiger partial charge in [0.15, 0.2) is 0 Å². The number of nitrogens with one attached hydrogen (secondary N) is 1. The van der Waals surface area contributed by atoms with Gasteiger partial charge in [0.1, 0.15) is 0 Å². The molecule has 2 aromatic rings. The van der Waals surface area contributed by atoms with Gasteiger partial charge in [0, 0.05) is 15.8 Å². The van der Waals surface area contributed by atoms with Crippen molar-refractivity contribution < 1.29 is 8.42 Å². The van der Waals surface area contributed by atoms with E-state index in [1.165, 1.54) is 0 Å². The molecule has 0 aliphatic rings. The molecule has 2 aromatic carbocycles. The predicted molar refractivity (Wildman–Crippen MR) is 90.0 cm³/mol. The van der Waals surface area contributed by atoms with Gasteiger partial charge >= 0.3 is 0 Å². The van der Waals surface area contributed by atoms with E-state index < -0.39 is 10.0 Å². The van der Waals surface area contributed by atoms with E-state index in [0.29, 0.717) is 22.5 Å². The van der Waals surface area contributed by atoms with Crippen molar-refractivity contribution >= 4 is 37.3 Å². The highest BCUT2D eigenvalue weighted by atomic mass is 79.9. The molecule has 0 fully saturated rings. The molecule has 3 N–H and O–H groups in total. The van der Waals surface area contributed by atoms with E-state index in [9.17, 15) is 8.42 Å². The largest absolute Gasteiger partial charge is 0.398 e. The Kier molecular flexibility index (Phi) is 4.30. The van der Waals surface area contributed by atoms with Crippen LogP contribution >= 0.6 is 15.9 Å². The summed E-state index contributed by atoms with van der Waals surface area (Å²) in [6.45, 7) is 5.37. The second kappa shape index (κ2) is 5.69. The molecular formula is C15H17BrN2O2S. The summed E-state index contributed by atoms with van der Waals surface area (Å²) in [5.41, 5.74) is 9.13. The summed E-state index contributed by atoms with van der Waals surface area (Å²) < 4.78 is 28.7. The number of nitrogen functional groups attached to an aromatic ring is 1. The van der Waals surface area contributed by atoms with Crippen LogP contribution in [0.1, 0.15) is 16.7 Å². The van der Waals surface area contributed by atoms with Gasteiger partial charge in [0.2, 0.25) is 0 Å². The van der Waals surface area contributed by atoms with Gasteiger partial charge in [-0.1, -0.05) is 22.0 Å². The molecule has 0 saturated carbocycles. The molecule has 0 heterocycles. The Hall–Kier alpha value is -1.53. The summed E-state index contributed by atoms with van der Waals surface area (Å²) in [7, 11) is -3.67. The molecule has 0 atom stereocenters. The minimum Gasteiger partial charge on any atom is -0.398 e. The van der Waals surface area contributed by atoms with Crippen LogP contribution in [-0.4, -0.2) is 8.42 Å². The van der Waals surface area contributed by atoms with Crippen LogP contribution in [0.2, 0.25) is 0 Å². The van der Waals surface area contributed by atoms with Crippen molar-refractivity contribution in [1.82, 2.24) is 0 Å². The summed E-state index contributed by atoms with van der Waals surface area (Å²) in [6, 6.07) is 8.74. The molecule has 0 spiro atoms. The predicted octanol–water partition coefficient (Wildman–Crippen LogP) is 3.76. The number of hydrogen-bond acceptors (Lipinski definition) is 3. The number of sulfonamides is 1. The molecule has 0 bridgehead atoms. The van der Waals surface area contributed by atoms with Crippen LogP contribution in [0.4, 0.5) is 11.4 Å². The quantitative estimate of drug-likeness (QED) is 0.810. The van der Waals surface area contributed by atoms with Crippen LogP contribution in [0, 0.1) is 20.8 Å². The van der Waals surface area contributed by atoms with E-state index in [4.69, 9.17) is 5.73 Å². The molecule has 112 valence electrons. The van der Waals surface area contributed by atoms with Crippen molar-refractivity contribution in [3.05, 3.63) is 51.5 Å². The second-order valence-corrected chi connectivity index (χ2v) is 7.53. The molecule has 2 rings (SSSR count). The molecule has 4 nitrogen and oxygen atoms in total. The Labute approximate surface area is 133 Å². The molecule has 6 heteroatoms.